The number of amides is 1. The lowest BCUT2D eigenvalue weighted by atomic mass is 9.89. The first kappa shape index (κ1) is 16.2. The van der Waals surface area contributed by atoms with Gasteiger partial charge in [0.05, 0.1) is 29.7 Å². The molecule has 0 atom stereocenters. The Labute approximate surface area is 147 Å². The van der Waals surface area contributed by atoms with Crippen molar-refractivity contribution in [3.05, 3.63) is 54.6 Å². The minimum atomic E-state index is -0.246. The standard InChI is InChI=1S/C19H22N4O2/c24-18-14-25-19(15-23(18)17-5-3-8-20-12-17)6-10-22(11-7-19)13-16-4-1-2-9-21-16/h1-5,8-9,12H,6-7,10-11,13-15H2. The number of aromatic nitrogens is 2. The lowest BCUT2D eigenvalue weighted by Crippen LogP contribution is -2.58. The zero-order valence-corrected chi connectivity index (χ0v) is 14.2. The van der Waals surface area contributed by atoms with Gasteiger partial charge in [-0.3, -0.25) is 19.7 Å². The number of pyridine rings is 2. The van der Waals surface area contributed by atoms with E-state index in [-0.39, 0.29) is 18.1 Å². The molecule has 0 aromatic carbocycles. The highest BCUT2D eigenvalue weighted by Gasteiger charge is 2.42. The van der Waals surface area contributed by atoms with Gasteiger partial charge in [-0.05, 0) is 37.1 Å². The lowest BCUT2D eigenvalue weighted by molar-refractivity contribution is -0.145. The van der Waals surface area contributed by atoms with Crippen LogP contribution < -0.4 is 4.90 Å². The molecular formula is C19H22N4O2. The molecule has 4 rings (SSSR count). The molecule has 25 heavy (non-hydrogen) atoms. The van der Waals surface area contributed by atoms with Gasteiger partial charge < -0.3 is 9.64 Å². The number of hydrogen-bond donors (Lipinski definition) is 0. The number of carbonyl (C=O) groups is 1. The van der Waals surface area contributed by atoms with Gasteiger partial charge in [-0.2, -0.15) is 0 Å². The maximum atomic E-state index is 12.3. The molecule has 1 spiro atoms. The zero-order chi connectivity index (χ0) is 17.1. The molecule has 2 aromatic heterocycles. The Morgan fingerprint density at radius 2 is 2.00 bits per heavy atom. The van der Waals surface area contributed by atoms with Crippen LogP contribution >= 0.6 is 0 Å². The molecule has 130 valence electrons. The fraction of sp³-hybridized carbons (Fsp3) is 0.421. The van der Waals surface area contributed by atoms with E-state index in [9.17, 15) is 4.79 Å². The molecule has 6 nitrogen and oxygen atoms in total. The minimum absolute atomic E-state index is 0.00883. The van der Waals surface area contributed by atoms with Crippen molar-refractivity contribution in [2.45, 2.75) is 25.0 Å². The summed E-state index contributed by atoms with van der Waals surface area (Å²) in [7, 11) is 0. The van der Waals surface area contributed by atoms with Gasteiger partial charge in [0, 0.05) is 32.0 Å². The summed E-state index contributed by atoms with van der Waals surface area (Å²) < 4.78 is 6.02. The smallest absolute Gasteiger partial charge is 0.253 e. The van der Waals surface area contributed by atoms with E-state index in [1.807, 2.05) is 35.4 Å². The fourth-order valence-electron chi connectivity index (χ4n) is 3.61. The van der Waals surface area contributed by atoms with Crippen LogP contribution in [0.5, 0.6) is 0 Å². The second-order valence-corrected chi connectivity index (χ2v) is 6.76. The Morgan fingerprint density at radius 3 is 2.72 bits per heavy atom. The van der Waals surface area contributed by atoms with Crippen LogP contribution in [0.1, 0.15) is 18.5 Å². The predicted octanol–water partition coefficient (Wildman–Crippen LogP) is 1.87. The van der Waals surface area contributed by atoms with Crippen LogP contribution in [0, 0.1) is 0 Å². The summed E-state index contributed by atoms with van der Waals surface area (Å²) in [6.07, 6.45) is 7.14. The van der Waals surface area contributed by atoms with Crippen LogP contribution in [0.2, 0.25) is 0 Å². The number of likely N-dealkylation sites (tertiary alicyclic amines) is 1. The van der Waals surface area contributed by atoms with Gasteiger partial charge in [0.1, 0.15) is 6.61 Å². The Hall–Kier alpha value is -2.31. The molecule has 1 amide bonds. The molecule has 0 aliphatic carbocycles. The number of ether oxygens (including phenoxy) is 1. The summed E-state index contributed by atoms with van der Waals surface area (Å²) in [5.74, 6) is 0.00883. The number of anilines is 1. The number of morpholine rings is 1. The minimum Gasteiger partial charge on any atom is -0.363 e. The van der Waals surface area contributed by atoms with Crippen molar-refractivity contribution < 1.29 is 9.53 Å². The maximum absolute atomic E-state index is 12.3. The van der Waals surface area contributed by atoms with Gasteiger partial charge in [0.25, 0.3) is 5.91 Å². The molecule has 2 aliphatic rings. The van der Waals surface area contributed by atoms with Crippen LogP contribution in [0.4, 0.5) is 5.69 Å². The van der Waals surface area contributed by atoms with Crippen LogP contribution in [0.3, 0.4) is 0 Å². The van der Waals surface area contributed by atoms with Crippen molar-refractivity contribution >= 4 is 11.6 Å². The second-order valence-electron chi connectivity index (χ2n) is 6.76. The average Bonchev–Trinajstić information content (AvgIpc) is 2.67. The lowest BCUT2D eigenvalue weighted by Gasteiger charge is -2.46. The molecule has 6 heteroatoms. The zero-order valence-electron chi connectivity index (χ0n) is 14.2. The molecule has 0 saturated carbocycles. The van der Waals surface area contributed by atoms with E-state index in [1.165, 1.54) is 0 Å². The van der Waals surface area contributed by atoms with Gasteiger partial charge in [0.2, 0.25) is 0 Å². The summed E-state index contributed by atoms with van der Waals surface area (Å²) in [4.78, 5) is 25.1. The van der Waals surface area contributed by atoms with Crippen LogP contribution in [0.25, 0.3) is 0 Å². The first-order valence-electron chi connectivity index (χ1n) is 8.71. The van der Waals surface area contributed by atoms with Crippen molar-refractivity contribution in [2.75, 3.05) is 31.1 Å². The summed E-state index contributed by atoms with van der Waals surface area (Å²) in [5.41, 5.74) is 1.70. The SMILES string of the molecule is O=C1COC2(CCN(Cc3ccccn3)CC2)CN1c1cccnc1. The van der Waals surface area contributed by atoms with Gasteiger partial charge in [0.15, 0.2) is 0 Å². The highest BCUT2D eigenvalue weighted by Crippen LogP contribution is 2.32. The van der Waals surface area contributed by atoms with E-state index in [4.69, 9.17) is 4.74 Å². The van der Waals surface area contributed by atoms with Gasteiger partial charge >= 0.3 is 0 Å². The quantitative estimate of drug-likeness (QED) is 0.855. The molecule has 2 saturated heterocycles. The van der Waals surface area contributed by atoms with Crippen molar-refractivity contribution in [3.8, 4) is 0 Å². The Kier molecular flexibility index (Phi) is 4.46. The molecule has 2 aromatic rings. The largest absolute Gasteiger partial charge is 0.363 e. The molecular weight excluding hydrogens is 316 g/mol. The number of nitrogens with zero attached hydrogens (tertiary/aromatic N) is 4. The van der Waals surface area contributed by atoms with Gasteiger partial charge in [-0.1, -0.05) is 6.07 Å². The van der Waals surface area contributed by atoms with Crippen LogP contribution in [0.15, 0.2) is 48.9 Å². The van der Waals surface area contributed by atoms with E-state index in [2.05, 4.69) is 20.9 Å². The normalized spacial score (nSPS) is 20.8. The monoisotopic (exact) mass is 338 g/mol. The summed E-state index contributed by atoms with van der Waals surface area (Å²) in [5, 5.41) is 0. The average molecular weight is 338 g/mol. The van der Waals surface area contributed by atoms with Crippen LogP contribution in [-0.4, -0.2) is 52.6 Å². The highest BCUT2D eigenvalue weighted by atomic mass is 16.5. The van der Waals surface area contributed by atoms with Gasteiger partial charge in [-0.25, -0.2) is 0 Å². The summed E-state index contributed by atoms with van der Waals surface area (Å²) >= 11 is 0. The number of piperidine rings is 1. The van der Waals surface area contributed by atoms with E-state index < -0.39 is 0 Å². The Balaban J connectivity index is 1.41. The van der Waals surface area contributed by atoms with E-state index >= 15 is 0 Å². The van der Waals surface area contributed by atoms with Crippen molar-refractivity contribution in [1.29, 1.82) is 0 Å². The maximum Gasteiger partial charge on any atom is 0.253 e. The topological polar surface area (TPSA) is 58.6 Å². The molecule has 0 radical (unpaired) electrons. The predicted molar refractivity (Wildman–Crippen MR) is 94.0 cm³/mol. The molecule has 2 aliphatic heterocycles. The Morgan fingerprint density at radius 1 is 1.12 bits per heavy atom. The van der Waals surface area contributed by atoms with Crippen molar-refractivity contribution in [2.24, 2.45) is 0 Å². The van der Waals surface area contributed by atoms with E-state index in [0.29, 0.717) is 6.54 Å². The molecule has 4 heterocycles. The molecule has 0 bridgehead atoms. The molecule has 0 N–H and O–H groups in total. The summed E-state index contributed by atoms with van der Waals surface area (Å²) in [6, 6.07) is 9.81. The van der Waals surface area contributed by atoms with Gasteiger partial charge in [-0.15, -0.1) is 0 Å². The fourth-order valence-corrected chi connectivity index (χ4v) is 3.61. The van der Waals surface area contributed by atoms with Crippen LogP contribution in [-0.2, 0) is 16.1 Å². The molecule has 2 fully saturated rings. The van der Waals surface area contributed by atoms with E-state index in [1.54, 1.807) is 12.4 Å². The second kappa shape index (κ2) is 6.90. The van der Waals surface area contributed by atoms with Crippen molar-refractivity contribution in [3.63, 3.8) is 0 Å². The third-order valence-electron chi connectivity index (χ3n) is 5.09. The third-order valence-corrected chi connectivity index (χ3v) is 5.09. The van der Waals surface area contributed by atoms with E-state index in [0.717, 1.165) is 43.9 Å². The van der Waals surface area contributed by atoms with Crippen molar-refractivity contribution in [1.82, 2.24) is 14.9 Å². The Bertz CT molecular complexity index is 715. The number of rotatable bonds is 3. The summed E-state index contributed by atoms with van der Waals surface area (Å²) in [6.45, 7) is 3.52. The molecule has 0 unspecified atom stereocenters. The first-order chi connectivity index (χ1) is 12.2. The number of carbonyl (C=O) groups excluding carboxylic acids is 1. The third kappa shape index (κ3) is 3.55. The first-order valence-corrected chi connectivity index (χ1v) is 8.71. The number of hydrogen-bond acceptors (Lipinski definition) is 5. The highest BCUT2D eigenvalue weighted by molar-refractivity contribution is 5.95.